The summed E-state index contributed by atoms with van der Waals surface area (Å²) in [6, 6.07) is 10.1. The fraction of sp³-hybridized carbons (Fsp3) is 0.435. The topological polar surface area (TPSA) is 46.6 Å². The number of nitrogens with zero attached hydrogens (tertiary/aromatic N) is 1. The molecular formula is C23H25NO3. The molecule has 0 saturated heterocycles. The number of hydrogen-bond donors (Lipinski definition) is 0. The summed E-state index contributed by atoms with van der Waals surface area (Å²) in [5.41, 5.74) is 4.20. The largest absolute Gasteiger partial charge is 0.464 e. The second-order valence-electron chi connectivity index (χ2n) is 8.36. The predicted molar refractivity (Wildman–Crippen MR) is 105 cm³/mol. The highest BCUT2D eigenvalue weighted by Crippen LogP contribution is 2.47. The van der Waals surface area contributed by atoms with Gasteiger partial charge in [0.1, 0.15) is 17.1 Å². The Hall–Kier alpha value is -2.33. The molecule has 0 amide bonds. The minimum atomic E-state index is -0.271. The molecule has 1 saturated carbocycles. The van der Waals surface area contributed by atoms with Gasteiger partial charge in [-0.25, -0.2) is 4.79 Å². The molecule has 3 aromatic rings. The molecule has 27 heavy (non-hydrogen) atoms. The Morgan fingerprint density at radius 2 is 1.85 bits per heavy atom. The summed E-state index contributed by atoms with van der Waals surface area (Å²) in [4.78, 5) is 14.3. The molecule has 0 radical (unpaired) electrons. The fourth-order valence-electron chi connectivity index (χ4n) is 4.44. The first kappa shape index (κ1) is 16.8. The summed E-state index contributed by atoms with van der Waals surface area (Å²) >= 11 is 0. The molecule has 2 heterocycles. The number of aryl methyl sites for hydroxylation is 2. The lowest BCUT2D eigenvalue weighted by molar-refractivity contribution is 0.283. The zero-order chi connectivity index (χ0) is 18.5. The molecule has 5 rings (SSSR count). The molecule has 4 heteroatoms. The highest BCUT2D eigenvalue weighted by molar-refractivity contribution is 5.82. The Bertz CT molecular complexity index is 1060. The lowest BCUT2D eigenvalue weighted by Crippen LogP contribution is -2.18. The maximum absolute atomic E-state index is 12.1. The van der Waals surface area contributed by atoms with Gasteiger partial charge in [0.25, 0.3) is 0 Å². The van der Waals surface area contributed by atoms with Gasteiger partial charge in [-0.2, -0.15) is 0 Å². The molecule has 0 aliphatic heterocycles. The Morgan fingerprint density at radius 1 is 1.07 bits per heavy atom. The van der Waals surface area contributed by atoms with Gasteiger partial charge in [-0.3, -0.25) is 4.90 Å². The molecule has 1 aromatic carbocycles. The lowest BCUT2D eigenvalue weighted by Gasteiger charge is -2.16. The zero-order valence-electron chi connectivity index (χ0n) is 16.0. The molecule has 2 atom stereocenters. The van der Waals surface area contributed by atoms with Crippen LogP contribution in [0.5, 0.6) is 0 Å². The summed E-state index contributed by atoms with van der Waals surface area (Å²) in [5.74, 6) is 3.46. The van der Waals surface area contributed by atoms with Crippen LogP contribution in [0.15, 0.2) is 44.0 Å². The van der Waals surface area contributed by atoms with Crippen LogP contribution in [-0.4, -0.2) is 11.9 Å². The SMILES string of the molecule is C[C@H]1C[C@H]1c1ccc(CN(C)Cc2cc(=O)oc3cc4c(cc23)CCC4)o1. The minimum absolute atomic E-state index is 0.271. The average Bonchev–Trinajstić information content (AvgIpc) is 3.01. The van der Waals surface area contributed by atoms with Gasteiger partial charge in [0, 0.05) is 23.9 Å². The van der Waals surface area contributed by atoms with E-state index in [2.05, 4.69) is 43.1 Å². The van der Waals surface area contributed by atoms with E-state index < -0.39 is 0 Å². The van der Waals surface area contributed by atoms with Crippen LogP contribution in [0, 0.1) is 5.92 Å². The maximum atomic E-state index is 12.1. The molecule has 0 unspecified atom stereocenters. The number of rotatable bonds is 5. The van der Waals surface area contributed by atoms with Gasteiger partial charge < -0.3 is 8.83 Å². The Labute approximate surface area is 158 Å². The molecule has 0 bridgehead atoms. The maximum Gasteiger partial charge on any atom is 0.336 e. The van der Waals surface area contributed by atoms with Crippen LogP contribution in [0.25, 0.3) is 11.0 Å². The van der Waals surface area contributed by atoms with E-state index in [4.69, 9.17) is 8.83 Å². The third kappa shape index (κ3) is 3.23. The van der Waals surface area contributed by atoms with E-state index in [0.29, 0.717) is 12.5 Å². The third-order valence-electron chi connectivity index (χ3n) is 6.07. The average molecular weight is 363 g/mol. The second kappa shape index (κ2) is 6.38. The highest BCUT2D eigenvalue weighted by Gasteiger charge is 2.36. The number of hydrogen-bond acceptors (Lipinski definition) is 4. The smallest absolute Gasteiger partial charge is 0.336 e. The van der Waals surface area contributed by atoms with Crippen molar-refractivity contribution in [3.8, 4) is 0 Å². The predicted octanol–water partition coefficient (Wildman–Crippen LogP) is 4.63. The van der Waals surface area contributed by atoms with Crippen molar-refractivity contribution in [1.82, 2.24) is 4.90 Å². The van der Waals surface area contributed by atoms with Crippen LogP contribution in [0.4, 0.5) is 0 Å². The summed E-state index contributed by atoms with van der Waals surface area (Å²) < 4.78 is 11.5. The quantitative estimate of drug-likeness (QED) is 0.620. The van der Waals surface area contributed by atoms with E-state index in [0.717, 1.165) is 53.4 Å². The Balaban J connectivity index is 1.38. The van der Waals surface area contributed by atoms with Crippen molar-refractivity contribution in [1.29, 1.82) is 0 Å². The van der Waals surface area contributed by atoms with Crippen LogP contribution in [0.2, 0.25) is 0 Å². The van der Waals surface area contributed by atoms with E-state index in [1.54, 1.807) is 6.07 Å². The summed E-state index contributed by atoms with van der Waals surface area (Å²) in [7, 11) is 2.07. The first-order chi connectivity index (χ1) is 13.1. The molecule has 2 aliphatic rings. The van der Waals surface area contributed by atoms with Crippen molar-refractivity contribution >= 4 is 11.0 Å². The van der Waals surface area contributed by atoms with Crippen molar-refractivity contribution < 1.29 is 8.83 Å². The van der Waals surface area contributed by atoms with E-state index in [1.807, 2.05) is 0 Å². The van der Waals surface area contributed by atoms with Gasteiger partial charge in [-0.1, -0.05) is 6.92 Å². The van der Waals surface area contributed by atoms with E-state index in [9.17, 15) is 4.79 Å². The first-order valence-corrected chi connectivity index (χ1v) is 9.92. The van der Waals surface area contributed by atoms with Gasteiger partial charge in [0.2, 0.25) is 0 Å². The van der Waals surface area contributed by atoms with Crippen LogP contribution >= 0.6 is 0 Å². The number of furan rings is 1. The van der Waals surface area contributed by atoms with Crippen molar-refractivity contribution in [2.24, 2.45) is 5.92 Å². The highest BCUT2D eigenvalue weighted by atomic mass is 16.4. The van der Waals surface area contributed by atoms with E-state index in [-0.39, 0.29) is 5.63 Å². The van der Waals surface area contributed by atoms with Gasteiger partial charge in [-0.15, -0.1) is 0 Å². The van der Waals surface area contributed by atoms with Gasteiger partial charge in [-0.05, 0) is 79.6 Å². The molecule has 4 nitrogen and oxygen atoms in total. The molecule has 0 N–H and O–H groups in total. The van der Waals surface area contributed by atoms with Crippen LogP contribution in [-0.2, 0) is 25.9 Å². The number of fused-ring (bicyclic) bond motifs is 2. The standard InChI is InChI=1S/C23H25NO3/c1-14-8-19(14)21-7-6-18(26-21)13-24(2)12-17-11-23(25)27-22-10-16-5-3-4-15(16)9-20(17)22/h6-7,9-11,14,19H,3-5,8,12-13H2,1-2H3/t14-,19+/m0/s1. The summed E-state index contributed by atoms with van der Waals surface area (Å²) in [5, 5.41) is 1.06. The van der Waals surface area contributed by atoms with Crippen LogP contribution in [0.1, 0.15) is 53.9 Å². The van der Waals surface area contributed by atoms with E-state index >= 15 is 0 Å². The lowest BCUT2D eigenvalue weighted by atomic mass is 10.0. The molecule has 140 valence electrons. The molecule has 2 aliphatic carbocycles. The number of benzene rings is 1. The van der Waals surface area contributed by atoms with Gasteiger partial charge in [0.15, 0.2) is 0 Å². The summed E-state index contributed by atoms with van der Waals surface area (Å²) in [6.45, 7) is 3.69. The molecule has 2 aromatic heterocycles. The van der Waals surface area contributed by atoms with Crippen molar-refractivity contribution in [3.63, 3.8) is 0 Å². The second-order valence-corrected chi connectivity index (χ2v) is 8.36. The van der Waals surface area contributed by atoms with Gasteiger partial charge in [0.05, 0.1) is 6.54 Å². The van der Waals surface area contributed by atoms with Crippen molar-refractivity contribution in [2.45, 2.75) is 51.6 Å². The van der Waals surface area contributed by atoms with Gasteiger partial charge >= 0.3 is 5.63 Å². The van der Waals surface area contributed by atoms with Crippen LogP contribution < -0.4 is 5.63 Å². The Morgan fingerprint density at radius 3 is 2.63 bits per heavy atom. The van der Waals surface area contributed by atoms with Crippen molar-refractivity contribution in [3.05, 3.63) is 69.0 Å². The van der Waals surface area contributed by atoms with Crippen molar-refractivity contribution in [2.75, 3.05) is 7.05 Å². The zero-order valence-corrected chi connectivity index (χ0v) is 16.0. The first-order valence-electron chi connectivity index (χ1n) is 9.92. The third-order valence-corrected chi connectivity index (χ3v) is 6.07. The molecule has 1 fully saturated rings. The monoisotopic (exact) mass is 363 g/mol. The molecular weight excluding hydrogens is 338 g/mol. The molecule has 0 spiro atoms. The Kier molecular flexibility index (Phi) is 3.97. The minimum Gasteiger partial charge on any atom is -0.464 e. The van der Waals surface area contributed by atoms with Crippen LogP contribution in [0.3, 0.4) is 0 Å². The normalized spacial score (nSPS) is 21.1. The fourth-order valence-corrected chi connectivity index (χ4v) is 4.44. The van der Waals surface area contributed by atoms with E-state index in [1.165, 1.54) is 24.0 Å². The summed E-state index contributed by atoms with van der Waals surface area (Å²) in [6.07, 6.45) is 4.62.